The Balaban J connectivity index is 1.71. The number of nitrogens with one attached hydrogen (secondary N) is 1. The van der Waals surface area contributed by atoms with Crippen LogP contribution in [-0.2, 0) is 6.54 Å². The maximum absolute atomic E-state index is 12.5. The Morgan fingerprint density at radius 1 is 1.21 bits per heavy atom. The predicted molar refractivity (Wildman–Crippen MR) is 97.1 cm³/mol. The Kier molecular flexibility index (Phi) is 5.47. The summed E-state index contributed by atoms with van der Waals surface area (Å²) in [5, 5.41) is 3.13. The molecule has 0 saturated heterocycles. The second-order valence-electron chi connectivity index (χ2n) is 6.39. The highest BCUT2D eigenvalue weighted by atomic mass is 16.1. The summed E-state index contributed by atoms with van der Waals surface area (Å²) in [5.74, 6) is -0.00739. The molecule has 1 aliphatic carbocycles. The van der Waals surface area contributed by atoms with Crippen molar-refractivity contribution in [2.24, 2.45) is 0 Å². The molecule has 0 bridgehead atoms. The number of pyridine rings is 1. The van der Waals surface area contributed by atoms with E-state index in [0.29, 0.717) is 11.6 Å². The van der Waals surface area contributed by atoms with E-state index in [0.717, 1.165) is 31.6 Å². The van der Waals surface area contributed by atoms with E-state index >= 15 is 0 Å². The fraction of sp³-hybridized carbons (Fsp3) is 0.400. The molecule has 1 saturated carbocycles. The highest BCUT2D eigenvalue weighted by molar-refractivity contribution is 5.95. The van der Waals surface area contributed by atoms with Crippen LogP contribution in [0.5, 0.6) is 0 Å². The Labute approximate surface area is 143 Å². The van der Waals surface area contributed by atoms with Gasteiger partial charge >= 0.3 is 0 Å². The Morgan fingerprint density at radius 2 is 1.96 bits per heavy atom. The first-order valence-electron chi connectivity index (χ1n) is 8.81. The molecule has 1 aliphatic rings. The number of rotatable bonds is 6. The lowest BCUT2D eigenvalue weighted by atomic mass is 10.1. The Hall–Kier alpha value is -2.36. The summed E-state index contributed by atoms with van der Waals surface area (Å²) < 4.78 is 0. The largest absolute Gasteiger partial charge is 0.366 e. The number of carbonyl (C=O) groups excluding carboxylic acids is 1. The Morgan fingerprint density at radius 3 is 2.67 bits per heavy atom. The zero-order chi connectivity index (χ0) is 16.8. The molecule has 0 aliphatic heterocycles. The molecule has 4 nitrogen and oxygen atoms in total. The molecule has 4 heteroatoms. The number of anilines is 1. The van der Waals surface area contributed by atoms with Crippen molar-refractivity contribution in [1.29, 1.82) is 0 Å². The second-order valence-corrected chi connectivity index (χ2v) is 6.39. The van der Waals surface area contributed by atoms with E-state index in [1.54, 1.807) is 6.20 Å². The standard InChI is InChI=1S/C20H25N3O/c1-2-23(15-16-8-4-3-5-9-16)19-12-17(13-21-14-19)20(24)22-18-10-6-7-11-18/h3-5,8-9,12-14,18H,2,6-7,10-11,15H2,1H3,(H,22,24). The van der Waals surface area contributed by atoms with Crippen LogP contribution < -0.4 is 10.2 Å². The van der Waals surface area contributed by atoms with E-state index in [9.17, 15) is 4.79 Å². The molecule has 1 aromatic carbocycles. The molecule has 0 unspecified atom stereocenters. The third-order valence-electron chi connectivity index (χ3n) is 4.64. The molecule has 126 valence electrons. The molecule has 24 heavy (non-hydrogen) atoms. The van der Waals surface area contributed by atoms with Crippen LogP contribution in [0.1, 0.15) is 48.5 Å². The van der Waals surface area contributed by atoms with Gasteiger partial charge in [-0.15, -0.1) is 0 Å². The molecule has 2 aromatic rings. The summed E-state index contributed by atoms with van der Waals surface area (Å²) in [4.78, 5) is 19.0. The first-order valence-corrected chi connectivity index (χ1v) is 8.81. The molecule has 0 atom stereocenters. The summed E-state index contributed by atoms with van der Waals surface area (Å²) >= 11 is 0. The smallest absolute Gasteiger partial charge is 0.253 e. The predicted octanol–water partition coefficient (Wildman–Crippen LogP) is 3.78. The average molecular weight is 323 g/mol. The third-order valence-corrected chi connectivity index (χ3v) is 4.64. The van der Waals surface area contributed by atoms with Crippen LogP contribution in [-0.4, -0.2) is 23.5 Å². The van der Waals surface area contributed by atoms with Crippen LogP contribution in [0.3, 0.4) is 0 Å². The fourth-order valence-corrected chi connectivity index (χ4v) is 3.25. The number of hydrogen-bond donors (Lipinski definition) is 1. The first kappa shape index (κ1) is 16.5. The zero-order valence-corrected chi connectivity index (χ0v) is 14.2. The van der Waals surface area contributed by atoms with Crippen molar-refractivity contribution in [3.8, 4) is 0 Å². The van der Waals surface area contributed by atoms with Gasteiger partial charge in [-0.3, -0.25) is 9.78 Å². The van der Waals surface area contributed by atoms with Gasteiger partial charge in [-0.2, -0.15) is 0 Å². The minimum atomic E-state index is -0.00739. The highest BCUT2D eigenvalue weighted by Gasteiger charge is 2.18. The molecular formula is C20H25N3O. The summed E-state index contributed by atoms with van der Waals surface area (Å²) in [6.07, 6.45) is 8.10. The zero-order valence-electron chi connectivity index (χ0n) is 14.2. The van der Waals surface area contributed by atoms with Crippen molar-refractivity contribution in [2.45, 2.75) is 45.2 Å². The molecule has 0 radical (unpaired) electrons. The quantitative estimate of drug-likeness (QED) is 0.880. The molecule has 0 spiro atoms. The summed E-state index contributed by atoms with van der Waals surface area (Å²) in [6, 6.07) is 12.6. The van der Waals surface area contributed by atoms with Crippen molar-refractivity contribution in [3.05, 3.63) is 59.9 Å². The monoisotopic (exact) mass is 323 g/mol. The average Bonchev–Trinajstić information content (AvgIpc) is 3.13. The van der Waals surface area contributed by atoms with Crippen molar-refractivity contribution in [2.75, 3.05) is 11.4 Å². The number of amides is 1. The second kappa shape index (κ2) is 7.95. The Bertz CT molecular complexity index is 666. The molecule has 1 amide bonds. The van der Waals surface area contributed by atoms with E-state index < -0.39 is 0 Å². The normalized spacial score (nSPS) is 14.5. The van der Waals surface area contributed by atoms with Crippen LogP contribution in [0.15, 0.2) is 48.8 Å². The minimum absolute atomic E-state index is 0.00739. The van der Waals surface area contributed by atoms with Crippen molar-refractivity contribution >= 4 is 11.6 Å². The van der Waals surface area contributed by atoms with E-state index in [1.165, 1.54) is 18.4 Å². The number of benzene rings is 1. The van der Waals surface area contributed by atoms with Gasteiger partial charge in [0.1, 0.15) is 0 Å². The lowest BCUT2D eigenvalue weighted by Crippen LogP contribution is -2.32. The van der Waals surface area contributed by atoms with Crippen LogP contribution in [0.4, 0.5) is 5.69 Å². The molecular weight excluding hydrogens is 298 g/mol. The maximum Gasteiger partial charge on any atom is 0.253 e. The van der Waals surface area contributed by atoms with Crippen LogP contribution in [0.25, 0.3) is 0 Å². The maximum atomic E-state index is 12.5. The van der Waals surface area contributed by atoms with Gasteiger partial charge in [-0.25, -0.2) is 0 Å². The lowest BCUT2D eigenvalue weighted by molar-refractivity contribution is 0.0937. The number of nitrogens with zero attached hydrogens (tertiary/aromatic N) is 2. The van der Waals surface area contributed by atoms with Gasteiger partial charge in [0.2, 0.25) is 0 Å². The summed E-state index contributed by atoms with van der Waals surface area (Å²) in [5.41, 5.74) is 2.88. The molecule has 1 aromatic heterocycles. The van der Waals surface area contributed by atoms with Gasteiger partial charge in [0.15, 0.2) is 0 Å². The summed E-state index contributed by atoms with van der Waals surface area (Å²) in [6.45, 7) is 3.80. The van der Waals surface area contributed by atoms with Gasteiger partial charge in [0, 0.05) is 25.3 Å². The lowest BCUT2D eigenvalue weighted by Gasteiger charge is -2.23. The SMILES string of the molecule is CCN(Cc1ccccc1)c1cncc(C(=O)NC2CCCC2)c1. The number of carbonyl (C=O) groups is 1. The van der Waals surface area contributed by atoms with E-state index in [2.05, 4.69) is 34.3 Å². The van der Waals surface area contributed by atoms with Gasteiger partial charge in [-0.05, 0) is 31.4 Å². The third kappa shape index (κ3) is 4.13. The summed E-state index contributed by atoms with van der Waals surface area (Å²) in [7, 11) is 0. The van der Waals surface area contributed by atoms with Gasteiger partial charge < -0.3 is 10.2 Å². The van der Waals surface area contributed by atoms with Gasteiger partial charge in [0.25, 0.3) is 5.91 Å². The van der Waals surface area contributed by atoms with Crippen LogP contribution in [0.2, 0.25) is 0 Å². The number of hydrogen-bond acceptors (Lipinski definition) is 3. The van der Waals surface area contributed by atoms with Gasteiger partial charge in [-0.1, -0.05) is 43.2 Å². The highest BCUT2D eigenvalue weighted by Crippen LogP contribution is 2.20. The van der Waals surface area contributed by atoms with Crippen LogP contribution >= 0.6 is 0 Å². The van der Waals surface area contributed by atoms with E-state index in [1.807, 2.05) is 30.5 Å². The molecule has 3 rings (SSSR count). The fourth-order valence-electron chi connectivity index (χ4n) is 3.25. The minimum Gasteiger partial charge on any atom is -0.366 e. The van der Waals surface area contributed by atoms with Crippen molar-refractivity contribution < 1.29 is 4.79 Å². The van der Waals surface area contributed by atoms with Crippen molar-refractivity contribution in [3.63, 3.8) is 0 Å². The van der Waals surface area contributed by atoms with E-state index in [4.69, 9.17) is 0 Å². The molecule has 1 heterocycles. The topological polar surface area (TPSA) is 45.2 Å². The molecule has 1 fully saturated rings. The van der Waals surface area contributed by atoms with Crippen LogP contribution in [0, 0.1) is 0 Å². The van der Waals surface area contributed by atoms with E-state index in [-0.39, 0.29) is 5.91 Å². The first-order chi connectivity index (χ1) is 11.8. The number of aromatic nitrogens is 1. The molecule has 1 N–H and O–H groups in total. The van der Waals surface area contributed by atoms with Gasteiger partial charge in [0.05, 0.1) is 17.4 Å². The van der Waals surface area contributed by atoms with Crippen molar-refractivity contribution in [1.82, 2.24) is 10.3 Å².